The van der Waals surface area contributed by atoms with Gasteiger partial charge in [0.2, 0.25) is 0 Å². The summed E-state index contributed by atoms with van der Waals surface area (Å²) in [5.74, 6) is -0.168. The average molecular weight is 405 g/mol. The summed E-state index contributed by atoms with van der Waals surface area (Å²) in [6, 6.07) is 2.52. The van der Waals surface area contributed by atoms with Crippen molar-refractivity contribution in [3.63, 3.8) is 0 Å². The fourth-order valence-corrected chi connectivity index (χ4v) is 3.20. The number of benzene rings is 1. The Morgan fingerprint density at radius 1 is 1.19 bits per heavy atom. The van der Waals surface area contributed by atoms with E-state index in [1.54, 1.807) is 6.92 Å². The first-order chi connectivity index (χ1) is 12.5. The van der Waals surface area contributed by atoms with Crippen molar-refractivity contribution in [1.29, 1.82) is 0 Å². The maximum absolute atomic E-state index is 12.7. The number of alkyl halides is 3. The number of piperidine rings is 1. The van der Waals surface area contributed by atoms with Crippen molar-refractivity contribution in [2.45, 2.75) is 31.4 Å². The standard InChI is InChI=1S/C16H18F3N3O4S/c1-10-20-9-11-7-15(26-27(23,24)16(17,18)19)14(8-13(11)21-10)25-12-3-5-22(2)6-4-12/h7-9,12H,3-6H2,1-2H3. The van der Waals surface area contributed by atoms with Crippen molar-refractivity contribution in [3.8, 4) is 11.5 Å². The molecule has 0 amide bonds. The zero-order chi connectivity index (χ0) is 19.8. The Labute approximate surface area is 154 Å². The second-order valence-corrected chi connectivity index (χ2v) is 7.92. The maximum atomic E-state index is 12.7. The average Bonchev–Trinajstić information content (AvgIpc) is 2.56. The Balaban J connectivity index is 2.00. The molecule has 1 aromatic heterocycles. The van der Waals surface area contributed by atoms with Gasteiger partial charge in [-0.25, -0.2) is 9.97 Å². The lowest BCUT2D eigenvalue weighted by atomic mass is 10.1. The topological polar surface area (TPSA) is 81.6 Å². The van der Waals surface area contributed by atoms with E-state index in [-0.39, 0.29) is 11.9 Å². The van der Waals surface area contributed by atoms with Gasteiger partial charge in [0.05, 0.1) is 5.52 Å². The van der Waals surface area contributed by atoms with E-state index >= 15 is 0 Å². The molecule has 0 aliphatic carbocycles. The predicted octanol–water partition coefficient (Wildman–Crippen LogP) is 2.64. The summed E-state index contributed by atoms with van der Waals surface area (Å²) >= 11 is 0. The van der Waals surface area contributed by atoms with Gasteiger partial charge in [-0.2, -0.15) is 21.6 Å². The highest BCUT2D eigenvalue weighted by molar-refractivity contribution is 7.88. The van der Waals surface area contributed by atoms with Crippen molar-refractivity contribution in [2.24, 2.45) is 0 Å². The quantitative estimate of drug-likeness (QED) is 0.571. The van der Waals surface area contributed by atoms with Gasteiger partial charge in [-0.15, -0.1) is 0 Å². The van der Waals surface area contributed by atoms with E-state index in [0.717, 1.165) is 19.2 Å². The number of hydrogen-bond acceptors (Lipinski definition) is 7. The van der Waals surface area contributed by atoms with Crippen LogP contribution in [0.4, 0.5) is 13.2 Å². The van der Waals surface area contributed by atoms with E-state index < -0.39 is 21.4 Å². The highest BCUT2D eigenvalue weighted by Gasteiger charge is 2.49. The Hall–Kier alpha value is -2.14. The van der Waals surface area contributed by atoms with E-state index in [0.29, 0.717) is 29.6 Å². The van der Waals surface area contributed by atoms with Crippen molar-refractivity contribution in [1.82, 2.24) is 14.9 Å². The van der Waals surface area contributed by atoms with E-state index in [1.807, 2.05) is 7.05 Å². The maximum Gasteiger partial charge on any atom is 0.534 e. The minimum absolute atomic E-state index is 0.0945. The highest BCUT2D eigenvalue weighted by atomic mass is 32.2. The van der Waals surface area contributed by atoms with Gasteiger partial charge in [0.15, 0.2) is 11.5 Å². The molecule has 27 heavy (non-hydrogen) atoms. The van der Waals surface area contributed by atoms with Gasteiger partial charge in [-0.1, -0.05) is 0 Å². The molecule has 1 fully saturated rings. The van der Waals surface area contributed by atoms with E-state index in [9.17, 15) is 21.6 Å². The molecule has 2 aromatic rings. The fourth-order valence-electron chi connectivity index (χ4n) is 2.74. The Bertz CT molecular complexity index is 942. The van der Waals surface area contributed by atoms with Gasteiger partial charge in [0, 0.05) is 30.7 Å². The zero-order valence-electron chi connectivity index (χ0n) is 14.7. The molecule has 0 atom stereocenters. The first-order valence-corrected chi connectivity index (χ1v) is 9.59. The second kappa shape index (κ2) is 7.12. The summed E-state index contributed by atoms with van der Waals surface area (Å²) in [5.41, 5.74) is -5.13. The largest absolute Gasteiger partial charge is 0.534 e. The number of ether oxygens (including phenoxy) is 1. The summed E-state index contributed by atoms with van der Waals surface area (Å²) in [5, 5.41) is 0.337. The zero-order valence-corrected chi connectivity index (χ0v) is 15.5. The number of aryl methyl sites for hydroxylation is 1. The van der Waals surface area contributed by atoms with Crippen molar-refractivity contribution in [2.75, 3.05) is 20.1 Å². The highest BCUT2D eigenvalue weighted by Crippen LogP contribution is 2.37. The molecule has 3 rings (SSSR count). The van der Waals surface area contributed by atoms with Gasteiger partial charge in [0.1, 0.15) is 11.9 Å². The molecule has 11 heteroatoms. The Morgan fingerprint density at radius 3 is 2.48 bits per heavy atom. The predicted molar refractivity (Wildman–Crippen MR) is 91.0 cm³/mol. The molecule has 0 N–H and O–H groups in total. The van der Waals surface area contributed by atoms with Crippen LogP contribution < -0.4 is 8.92 Å². The Morgan fingerprint density at radius 2 is 1.85 bits per heavy atom. The third-order valence-corrected chi connectivity index (χ3v) is 5.17. The van der Waals surface area contributed by atoms with Gasteiger partial charge >= 0.3 is 15.6 Å². The summed E-state index contributed by atoms with van der Waals surface area (Å²) in [6.07, 6.45) is 2.42. The molecule has 7 nitrogen and oxygen atoms in total. The van der Waals surface area contributed by atoms with Gasteiger partial charge in [-0.05, 0) is 32.9 Å². The van der Waals surface area contributed by atoms with Crippen LogP contribution in [-0.4, -0.2) is 55.0 Å². The summed E-state index contributed by atoms with van der Waals surface area (Å²) in [7, 11) is -3.87. The van der Waals surface area contributed by atoms with E-state index in [1.165, 1.54) is 12.3 Å². The smallest absolute Gasteiger partial charge is 0.486 e. The first kappa shape index (κ1) is 19.6. The minimum atomic E-state index is -5.83. The number of rotatable bonds is 4. The van der Waals surface area contributed by atoms with Crippen LogP contribution in [0.1, 0.15) is 18.7 Å². The molecule has 0 unspecified atom stereocenters. The van der Waals surface area contributed by atoms with E-state index in [4.69, 9.17) is 4.74 Å². The molecule has 1 saturated heterocycles. The van der Waals surface area contributed by atoms with Gasteiger partial charge in [-0.3, -0.25) is 0 Å². The summed E-state index contributed by atoms with van der Waals surface area (Å²) < 4.78 is 71.3. The molecule has 1 aromatic carbocycles. The minimum Gasteiger partial charge on any atom is -0.486 e. The van der Waals surface area contributed by atoms with Crippen molar-refractivity contribution >= 4 is 21.0 Å². The van der Waals surface area contributed by atoms with Crippen molar-refractivity contribution in [3.05, 3.63) is 24.2 Å². The number of likely N-dealkylation sites (tertiary alicyclic amines) is 1. The second-order valence-electron chi connectivity index (χ2n) is 6.38. The van der Waals surface area contributed by atoms with Crippen LogP contribution in [0.5, 0.6) is 11.5 Å². The van der Waals surface area contributed by atoms with Gasteiger partial charge < -0.3 is 13.8 Å². The lowest BCUT2D eigenvalue weighted by Crippen LogP contribution is -2.35. The molecule has 2 heterocycles. The van der Waals surface area contributed by atoms with Crippen molar-refractivity contribution < 1.29 is 30.5 Å². The van der Waals surface area contributed by atoms with Crippen LogP contribution >= 0.6 is 0 Å². The number of nitrogens with zero attached hydrogens (tertiary/aromatic N) is 3. The normalized spacial score (nSPS) is 17.2. The molecular formula is C16H18F3N3O4S. The molecule has 1 aliphatic heterocycles. The van der Waals surface area contributed by atoms with E-state index in [2.05, 4.69) is 19.1 Å². The lowest BCUT2D eigenvalue weighted by Gasteiger charge is -2.29. The first-order valence-electron chi connectivity index (χ1n) is 8.18. The molecule has 148 valence electrons. The van der Waals surface area contributed by atoms with Crippen LogP contribution in [0.15, 0.2) is 18.3 Å². The third kappa shape index (κ3) is 4.41. The monoisotopic (exact) mass is 405 g/mol. The van der Waals surface area contributed by atoms with Crippen LogP contribution in [0.2, 0.25) is 0 Å². The summed E-state index contributed by atoms with van der Waals surface area (Å²) in [6.45, 7) is 3.18. The lowest BCUT2D eigenvalue weighted by molar-refractivity contribution is -0.0500. The third-order valence-electron chi connectivity index (χ3n) is 4.21. The molecule has 0 bridgehead atoms. The SMILES string of the molecule is Cc1ncc2cc(OS(=O)(=O)C(F)(F)F)c(OC3CCN(C)CC3)cc2n1. The molecular weight excluding hydrogens is 387 g/mol. The Kier molecular flexibility index (Phi) is 5.17. The molecule has 1 aliphatic rings. The van der Waals surface area contributed by atoms with Crippen LogP contribution in [0.25, 0.3) is 10.9 Å². The number of hydrogen-bond donors (Lipinski definition) is 0. The van der Waals surface area contributed by atoms with Crippen LogP contribution in [0.3, 0.4) is 0 Å². The number of halogens is 3. The summed E-state index contributed by atoms with van der Waals surface area (Å²) in [4.78, 5) is 10.3. The number of fused-ring (bicyclic) bond motifs is 1. The van der Waals surface area contributed by atoms with Crippen LogP contribution in [0, 0.1) is 6.92 Å². The van der Waals surface area contributed by atoms with Crippen LogP contribution in [-0.2, 0) is 10.1 Å². The molecule has 0 radical (unpaired) electrons. The molecule has 0 saturated carbocycles. The fraction of sp³-hybridized carbons (Fsp3) is 0.500. The number of aromatic nitrogens is 2. The molecule has 0 spiro atoms. The van der Waals surface area contributed by atoms with Gasteiger partial charge in [0.25, 0.3) is 0 Å².